The monoisotopic (exact) mass is 1620 g/mol. The Morgan fingerprint density at radius 2 is 1.14 bits per heavy atom. The van der Waals surface area contributed by atoms with E-state index in [-0.39, 0.29) is 191 Å². The van der Waals surface area contributed by atoms with Gasteiger partial charge in [-0.15, -0.1) is 0 Å². The summed E-state index contributed by atoms with van der Waals surface area (Å²) in [5.41, 5.74) is 1.19. The number of hydrogen-bond donors (Lipinski definition) is 15. The normalized spacial score (nSPS) is 21.7. The second-order valence-electron chi connectivity index (χ2n) is 26.8. The van der Waals surface area contributed by atoms with Gasteiger partial charge < -0.3 is 148 Å². The zero-order valence-corrected chi connectivity index (χ0v) is 63.1. The van der Waals surface area contributed by atoms with E-state index in [1.54, 1.807) is 14.1 Å². The lowest BCUT2D eigenvalue weighted by atomic mass is 9.99. The highest BCUT2D eigenvalue weighted by Crippen LogP contribution is 2.43. The minimum Gasteiger partial charge on any atom is -0.493 e. The van der Waals surface area contributed by atoms with Crippen LogP contribution in [0.15, 0.2) is 85.2 Å². The Morgan fingerprint density at radius 1 is 0.600 bits per heavy atom. The number of aliphatic hydroxyl groups is 7. The molecule has 3 saturated heterocycles. The fourth-order valence-electron chi connectivity index (χ4n) is 12.5. The number of amides is 8. The number of nitrogens with two attached hydrogens (primary N) is 1. The Kier molecular flexibility index (Phi) is 31.1. The van der Waals surface area contributed by atoms with Crippen LogP contribution < -0.4 is 56.3 Å². The van der Waals surface area contributed by atoms with E-state index in [2.05, 4.69) is 38.0 Å². The van der Waals surface area contributed by atoms with Crippen LogP contribution in [0.5, 0.6) is 23.0 Å². The molecule has 9 rings (SSSR count). The number of fused-ring (bicyclic) bond motifs is 2. The number of aromatic nitrogens is 2. The summed E-state index contributed by atoms with van der Waals surface area (Å²) in [6.07, 6.45) is -20.1. The fraction of sp³-hybridized carbons (Fsp3) is 0.479. The number of carboxylic acid groups (broad SMARTS) is 2. The first kappa shape index (κ1) is 87.9. The predicted octanol–water partition coefficient (Wildman–Crippen LogP) is -1.37. The Balaban J connectivity index is 0.750. The van der Waals surface area contributed by atoms with E-state index in [1.807, 2.05) is 0 Å². The van der Waals surface area contributed by atoms with Crippen LogP contribution >= 0.6 is 0 Å². The van der Waals surface area contributed by atoms with Crippen molar-refractivity contribution in [3.63, 3.8) is 0 Å². The number of nitrogens with one attached hydrogen (secondary N) is 5. The number of nitrogens with zero attached hydrogens (tertiary/aromatic N) is 5. The van der Waals surface area contributed by atoms with Crippen LogP contribution in [0.1, 0.15) is 88.9 Å². The third-order valence-corrected chi connectivity index (χ3v) is 18.5. The minimum atomic E-state index is -2.03. The first-order valence-corrected chi connectivity index (χ1v) is 36.0. The number of carbonyl (C=O) groups excluding carboxylic acids is 8. The third kappa shape index (κ3) is 22.3. The molecule has 115 heavy (non-hydrogen) atoms. The highest BCUT2D eigenvalue weighted by atomic mass is 16.7. The number of carboxylic acids is 2. The Morgan fingerprint density at radius 3 is 1.70 bits per heavy atom. The molecule has 5 aromatic rings. The van der Waals surface area contributed by atoms with Crippen LogP contribution in [0, 0.1) is 0 Å². The lowest BCUT2D eigenvalue weighted by molar-refractivity contribution is -0.271. The van der Waals surface area contributed by atoms with Gasteiger partial charge in [0.15, 0.2) is 29.9 Å². The lowest BCUT2D eigenvalue weighted by Gasteiger charge is -2.38. The van der Waals surface area contributed by atoms with Gasteiger partial charge in [-0.05, 0) is 72.9 Å². The van der Waals surface area contributed by atoms with Crippen molar-refractivity contribution in [2.24, 2.45) is 20.0 Å². The number of aliphatic hydroxyl groups excluding tert-OH is 7. The van der Waals surface area contributed by atoms with Gasteiger partial charge in [-0.3, -0.25) is 28.8 Å². The van der Waals surface area contributed by atoms with Crippen molar-refractivity contribution in [3.05, 3.63) is 124 Å². The maximum atomic E-state index is 14.5. The fourth-order valence-corrected chi connectivity index (χ4v) is 12.5. The molecule has 3 unspecified atom stereocenters. The smallest absolute Gasteiger partial charge is 0.416 e. The molecule has 0 saturated carbocycles. The molecule has 2 aromatic heterocycles. The highest BCUT2D eigenvalue weighted by Gasteiger charge is 2.51. The molecule has 626 valence electrons. The van der Waals surface area contributed by atoms with Gasteiger partial charge in [-0.1, -0.05) is 24.3 Å². The van der Waals surface area contributed by atoms with Crippen molar-refractivity contribution in [1.29, 1.82) is 0 Å². The van der Waals surface area contributed by atoms with Gasteiger partial charge in [0, 0.05) is 85.9 Å². The van der Waals surface area contributed by atoms with Gasteiger partial charge in [0.1, 0.15) is 72.7 Å². The van der Waals surface area contributed by atoms with Crippen LogP contribution in [0.3, 0.4) is 0 Å². The number of ether oxygens (including phenoxy) is 11. The molecule has 4 aliphatic heterocycles. The molecule has 4 aliphatic rings. The van der Waals surface area contributed by atoms with E-state index >= 15 is 0 Å². The van der Waals surface area contributed by atoms with Crippen LogP contribution in [0.4, 0.5) is 26.7 Å². The summed E-state index contributed by atoms with van der Waals surface area (Å²) >= 11 is 0. The molecule has 3 aromatic carbocycles. The van der Waals surface area contributed by atoms with Crippen LogP contribution in [0.2, 0.25) is 0 Å². The number of methoxy groups -OCH3 is 2. The van der Waals surface area contributed by atoms with E-state index in [1.165, 1.54) is 113 Å². The standard InChI is InChI=1S/C73H93N11O31/c1-37-25-48-67(97)84(73(103)110-36-39-11-13-49(43(27-39)62(92)76-15-19-104-5)112-70-58(90)54(86)56(88)60(114-70)68(98)99)45-31-52(51(105-6)30-42(45)66(96)83(48)32-37)108-18-7-9-53(85)78-40-28-47(82(4)33-40)65(95)79-41-29-46(81(3)34-41)64(94)75-14-8-17-80(2)72(102)109-35-38-10-12-50(113-71-59(91)55(87)57(89)61(115-71)69(100)101)44(26-38)63(93)77-16-20-106-21-22-107-23-24-111-74/h10-13,26-31,33-34,48,54-61,67,70-71,86-91,97H,1,7-9,14-25,32,35-36,74H2,2-6H3,(H,75,94)(H,76,92)(H,77,93)(H,78,85)(H,79,95)(H,98,99)(H,100,101)/t48-,54-,55?,56-,57-,58+,59+,60-,61?,67?,70+,71+/m0/s1. The molecule has 12 atom stereocenters. The third-order valence-electron chi connectivity index (χ3n) is 18.5. The summed E-state index contributed by atoms with van der Waals surface area (Å²) in [7, 11) is 7.34. The van der Waals surface area contributed by atoms with E-state index in [9.17, 15) is 93.9 Å². The number of anilines is 3. The lowest BCUT2D eigenvalue weighted by Crippen LogP contribution is -2.61. The van der Waals surface area contributed by atoms with E-state index in [0.717, 1.165) is 4.90 Å². The first-order valence-electron chi connectivity index (χ1n) is 36.0. The number of aryl methyl sites for hydroxylation is 2. The number of carbonyl (C=O) groups is 10. The Bertz CT molecular complexity index is 4330. The summed E-state index contributed by atoms with van der Waals surface area (Å²) in [4.78, 5) is 141. The number of rotatable bonds is 38. The summed E-state index contributed by atoms with van der Waals surface area (Å²) in [5, 5.41) is 107. The number of hydrogen-bond acceptors (Lipinski definition) is 30. The van der Waals surface area contributed by atoms with Crippen molar-refractivity contribution in [2.75, 3.05) is 116 Å². The zero-order valence-electron chi connectivity index (χ0n) is 63.1. The summed E-state index contributed by atoms with van der Waals surface area (Å²) in [6, 6.07) is 12.3. The topological polar surface area (TPSA) is 569 Å². The molecule has 42 heteroatoms. The van der Waals surface area contributed by atoms with Crippen LogP contribution in [-0.4, -0.2) is 298 Å². The number of benzene rings is 3. The minimum absolute atomic E-state index is 0.00212. The van der Waals surface area contributed by atoms with Crippen molar-refractivity contribution in [3.8, 4) is 23.0 Å². The zero-order chi connectivity index (χ0) is 83.5. The maximum absolute atomic E-state index is 14.5. The average molecular weight is 1620 g/mol. The van der Waals surface area contributed by atoms with Crippen LogP contribution in [0.25, 0.3) is 0 Å². The maximum Gasteiger partial charge on any atom is 0.416 e. The Hall–Kier alpha value is -11.1. The van der Waals surface area contributed by atoms with Gasteiger partial charge in [0.25, 0.3) is 29.5 Å². The summed E-state index contributed by atoms with van der Waals surface area (Å²) in [5.74, 6) is -2.51. The molecular weight excluding hydrogens is 1530 g/mol. The van der Waals surface area contributed by atoms with Crippen molar-refractivity contribution >= 4 is 76.6 Å². The van der Waals surface area contributed by atoms with Crippen LogP contribution in [-0.2, 0) is 79.7 Å². The molecule has 16 N–H and O–H groups in total. The van der Waals surface area contributed by atoms with Gasteiger partial charge in [-0.25, -0.2) is 30.0 Å². The highest BCUT2D eigenvalue weighted by molar-refractivity contribution is 6.07. The largest absolute Gasteiger partial charge is 0.493 e. The van der Waals surface area contributed by atoms with Gasteiger partial charge in [0.05, 0.1) is 93.2 Å². The first-order chi connectivity index (χ1) is 54.9. The molecule has 0 spiro atoms. The molecule has 3 fully saturated rings. The van der Waals surface area contributed by atoms with Gasteiger partial charge >= 0.3 is 24.1 Å². The number of aliphatic carboxylic acids is 2. The summed E-state index contributed by atoms with van der Waals surface area (Å²) < 4.78 is 63.7. The SMILES string of the molecule is C=C1C[C@H]2C(O)N(C(=O)OCc3ccc(O[C@@H]4O[C@H](C(=O)O)[C@@H](O)[C@H](O)[C@H]4O)c(C(=O)NCCOC)c3)c3cc(OCCCC(=O)Nc4cc(C(=O)Nc5cc(C(=O)NCCCN(C)C(=O)OCc6ccc(O[C@@H]7OC(C(=O)O)[C@@H](O)C(O)[C@H]7O)c(C(=O)NCCOCCOCCON)c6)n(C)c5)n(C)c4)c(OC)cc3C(=O)N2C1. The molecule has 6 heterocycles. The van der Waals surface area contributed by atoms with Crippen molar-refractivity contribution < 1.29 is 151 Å². The van der Waals surface area contributed by atoms with Gasteiger partial charge in [0.2, 0.25) is 18.5 Å². The van der Waals surface area contributed by atoms with E-state index in [4.69, 9.17) is 58.0 Å². The van der Waals surface area contributed by atoms with E-state index < -0.39 is 140 Å². The molecule has 8 amide bonds. The second-order valence-corrected chi connectivity index (χ2v) is 26.8. The van der Waals surface area contributed by atoms with Crippen molar-refractivity contribution in [2.45, 2.75) is 113 Å². The van der Waals surface area contributed by atoms with Crippen molar-refractivity contribution in [1.82, 2.24) is 34.9 Å². The summed E-state index contributed by atoms with van der Waals surface area (Å²) in [6.45, 7) is 4.12. The quantitative estimate of drug-likeness (QED) is 0.0123. The van der Waals surface area contributed by atoms with Gasteiger partial charge in [-0.2, -0.15) is 0 Å². The molecule has 0 aliphatic carbocycles. The second kappa shape index (κ2) is 40.8. The molecular formula is C73H93N11O31. The predicted molar refractivity (Wildman–Crippen MR) is 393 cm³/mol. The average Bonchev–Trinajstić information content (AvgIpc) is 1.68. The van der Waals surface area contributed by atoms with E-state index in [0.29, 0.717) is 5.57 Å². The molecule has 0 radical (unpaired) electrons. The molecule has 42 nitrogen and oxygen atoms in total. The Labute approximate surface area is 655 Å². The molecule has 0 bridgehead atoms.